The first kappa shape index (κ1) is 29.0. The van der Waals surface area contributed by atoms with Crippen LogP contribution in [0, 0.1) is 35.0 Å². The van der Waals surface area contributed by atoms with Gasteiger partial charge in [-0.15, -0.1) is 0 Å². The fourth-order valence-corrected chi connectivity index (χ4v) is 9.88. The number of alkyl halides is 3. The number of aromatic nitrogens is 2. The number of ether oxygens (including phenoxy) is 2. The van der Waals surface area contributed by atoms with E-state index in [1.807, 2.05) is 6.07 Å². The second kappa shape index (κ2) is 10.0. The fraction of sp³-hybridized carbons (Fsp3) is 0.625. The van der Waals surface area contributed by atoms with E-state index < -0.39 is 52.8 Å². The normalized spacial score (nSPS) is 34.5. The molecule has 3 heterocycles. The van der Waals surface area contributed by atoms with Gasteiger partial charge < -0.3 is 29.9 Å². The number of aliphatic hydroxyl groups is 1. The molecule has 8 rings (SSSR count). The summed E-state index contributed by atoms with van der Waals surface area (Å²) < 4.78 is 54.5. The van der Waals surface area contributed by atoms with E-state index in [-0.39, 0.29) is 23.2 Å². The summed E-state index contributed by atoms with van der Waals surface area (Å²) in [5.41, 5.74) is -2.67. The third-order valence-electron chi connectivity index (χ3n) is 12.0. The van der Waals surface area contributed by atoms with Crippen LogP contribution in [0.15, 0.2) is 24.4 Å². The lowest BCUT2D eigenvalue weighted by Crippen LogP contribution is -2.77. The van der Waals surface area contributed by atoms with Crippen molar-refractivity contribution in [3.8, 4) is 5.75 Å². The van der Waals surface area contributed by atoms with Gasteiger partial charge in [0.15, 0.2) is 5.69 Å². The van der Waals surface area contributed by atoms with Gasteiger partial charge in [0.05, 0.1) is 18.3 Å². The number of hydrogen-bond donors (Lipinski definition) is 3. The molecule has 45 heavy (non-hydrogen) atoms. The Morgan fingerprint density at radius 1 is 1.18 bits per heavy atom. The zero-order chi connectivity index (χ0) is 31.3. The highest BCUT2D eigenvalue weighted by molar-refractivity contribution is 5.99. The average molecular weight is 629 g/mol. The molecule has 0 radical (unpaired) electrons. The molecule has 6 aliphatic rings. The molecular formula is C32H35F3N4O6. The van der Waals surface area contributed by atoms with E-state index in [9.17, 15) is 33.0 Å². The van der Waals surface area contributed by atoms with Crippen molar-refractivity contribution in [1.29, 1.82) is 0 Å². The Kier molecular flexibility index (Phi) is 6.46. The highest BCUT2D eigenvalue weighted by Gasteiger charge is 2.86. The van der Waals surface area contributed by atoms with Crippen LogP contribution in [-0.4, -0.2) is 70.1 Å². The third kappa shape index (κ3) is 4.08. The van der Waals surface area contributed by atoms with Crippen LogP contribution in [0.2, 0.25) is 0 Å². The lowest BCUT2D eigenvalue weighted by atomic mass is 9.34. The van der Waals surface area contributed by atoms with Gasteiger partial charge in [0.25, 0.3) is 5.91 Å². The number of carboxylic acids is 1. The lowest BCUT2D eigenvalue weighted by molar-refractivity contribution is -0.274. The maximum absolute atomic E-state index is 14.4. The number of aliphatic carboxylic acids is 1. The SMILES string of the molecule is O=C(NC1(C(=O)O)C2CC3C(O)C4CC1C34C2)c1cnc(N2CCc3cc(OCCC4CCOCC4)ccc32)nc1C(F)(F)F. The van der Waals surface area contributed by atoms with Gasteiger partial charge in [-0.1, -0.05) is 0 Å². The van der Waals surface area contributed by atoms with Crippen LogP contribution < -0.4 is 15.0 Å². The molecule has 4 saturated carbocycles. The van der Waals surface area contributed by atoms with Crippen LogP contribution in [0.4, 0.5) is 24.8 Å². The van der Waals surface area contributed by atoms with Crippen molar-refractivity contribution in [1.82, 2.24) is 15.3 Å². The Bertz CT molecular complexity index is 1570. The molecule has 1 aromatic heterocycles. The first-order chi connectivity index (χ1) is 21.5. The van der Waals surface area contributed by atoms with Crippen LogP contribution in [0.25, 0.3) is 0 Å². The molecule has 10 nitrogen and oxygen atoms in total. The number of fused-ring (bicyclic) bond motifs is 2. The molecule has 7 atom stereocenters. The van der Waals surface area contributed by atoms with E-state index in [0.29, 0.717) is 56.2 Å². The molecule has 13 heteroatoms. The number of carbonyl (C=O) groups is 2. The first-order valence-corrected chi connectivity index (χ1v) is 15.8. The zero-order valence-corrected chi connectivity index (χ0v) is 24.6. The molecule has 3 N–H and O–H groups in total. The Morgan fingerprint density at radius 2 is 1.96 bits per heavy atom. The lowest BCUT2D eigenvalue weighted by Gasteiger charge is -2.71. The van der Waals surface area contributed by atoms with Gasteiger partial charge in [0.2, 0.25) is 5.95 Å². The first-order valence-electron chi connectivity index (χ1n) is 15.8. The number of nitrogens with zero attached hydrogens (tertiary/aromatic N) is 3. The van der Waals surface area contributed by atoms with E-state index >= 15 is 0 Å². The van der Waals surface area contributed by atoms with Crippen LogP contribution >= 0.6 is 0 Å². The van der Waals surface area contributed by atoms with Crippen molar-refractivity contribution in [2.24, 2.45) is 35.0 Å². The summed E-state index contributed by atoms with van der Waals surface area (Å²) in [5, 5.41) is 23.3. The number of hydrogen-bond acceptors (Lipinski definition) is 8. The van der Waals surface area contributed by atoms with Crippen molar-refractivity contribution in [2.45, 2.75) is 62.8 Å². The standard InChI is InChI=1S/C32H35F3N4O6/c33-32(34,35)26-20(27(41)38-31(28(42)43)18-12-21-25(40)22-13-24(31)30(21,22)14-18)15-36-29(37-26)39-7-3-17-11-19(1-2-23(17)39)45-10-6-16-4-8-44-9-5-16/h1-2,11,15-16,18,21-22,24-25,40H,3-10,12-14H2,(H,38,41)(H,42,43). The number of amides is 1. The van der Waals surface area contributed by atoms with Gasteiger partial charge in [0, 0.05) is 31.6 Å². The number of rotatable bonds is 8. The van der Waals surface area contributed by atoms with Crippen LogP contribution in [-0.2, 0) is 22.1 Å². The summed E-state index contributed by atoms with van der Waals surface area (Å²) in [6, 6.07) is 5.46. The van der Waals surface area contributed by atoms with Crippen molar-refractivity contribution in [3.63, 3.8) is 0 Å². The summed E-state index contributed by atoms with van der Waals surface area (Å²) >= 11 is 0. The predicted molar refractivity (Wildman–Crippen MR) is 152 cm³/mol. The smallest absolute Gasteiger partial charge is 0.434 e. The van der Waals surface area contributed by atoms with Crippen molar-refractivity contribution >= 4 is 23.5 Å². The van der Waals surface area contributed by atoms with Crippen LogP contribution in [0.5, 0.6) is 5.75 Å². The van der Waals surface area contributed by atoms with Gasteiger partial charge in [-0.3, -0.25) is 4.79 Å². The highest BCUT2D eigenvalue weighted by atomic mass is 19.4. The molecule has 5 fully saturated rings. The second-order valence-corrected chi connectivity index (χ2v) is 13.7. The molecule has 2 aromatic rings. The summed E-state index contributed by atoms with van der Waals surface area (Å²) in [7, 11) is 0. The number of carbonyl (C=O) groups excluding carboxylic acids is 1. The summed E-state index contributed by atoms with van der Waals surface area (Å²) in [6.07, 6.45) is 0.351. The number of nitrogens with one attached hydrogen (secondary N) is 1. The van der Waals surface area contributed by atoms with Crippen molar-refractivity contribution < 1.29 is 42.4 Å². The molecule has 1 aromatic carbocycles. The molecule has 1 saturated heterocycles. The number of halogens is 3. The van der Waals surface area contributed by atoms with Crippen LogP contribution in [0.1, 0.15) is 60.1 Å². The average Bonchev–Trinajstić information content (AvgIpc) is 3.67. The second-order valence-electron chi connectivity index (χ2n) is 13.7. The molecule has 1 spiro atoms. The monoisotopic (exact) mass is 628 g/mol. The number of aliphatic hydroxyl groups excluding tert-OH is 1. The maximum atomic E-state index is 14.4. The minimum Gasteiger partial charge on any atom is -0.494 e. The van der Waals surface area contributed by atoms with Gasteiger partial charge in [-0.2, -0.15) is 13.2 Å². The van der Waals surface area contributed by atoms with Crippen LogP contribution in [0.3, 0.4) is 0 Å². The molecule has 2 bridgehead atoms. The molecule has 4 aliphatic carbocycles. The molecule has 7 unspecified atom stereocenters. The Balaban J connectivity index is 1.01. The third-order valence-corrected chi connectivity index (χ3v) is 12.0. The molecule has 1 amide bonds. The van der Waals surface area contributed by atoms with E-state index in [0.717, 1.165) is 44.2 Å². The van der Waals surface area contributed by atoms with Gasteiger partial charge >= 0.3 is 12.1 Å². The Labute approximate surface area is 257 Å². The largest absolute Gasteiger partial charge is 0.494 e. The Morgan fingerprint density at radius 3 is 2.71 bits per heavy atom. The fourth-order valence-electron chi connectivity index (χ4n) is 9.88. The molecular weight excluding hydrogens is 593 g/mol. The van der Waals surface area contributed by atoms with Gasteiger partial charge in [-0.05, 0) is 104 Å². The summed E-state index contributed by atoms with van der Waals surface area (Å²) in [5.74, 6) is -2.20. The van der Waals surface area contributed by atoms with Crippen molar-refractivity contribution in [2.75, 3.05) is 31.3 Å². The predicted octanol–water partition coefficient (Wildman–Crippen LogP) is 3.98. The summed E-state index contributed by atoms with van der Waals surface area (Å²) in [4.78, 5) is 35.8. The minimum atomic E-state index is -4.98. The van der Waals surface area contributed by atoms with E-state index in [1.54, 1.807) is 17.0 Å². The van der Waals surface area contributed by atoms with E-state index in [4.69, 9.17) is 9.47 Å². The number of carboxylic acid groups (broad SMARTS) is 1. The summed E-state index contributed by atoms with van der Waals surface area (Å²) in [6.45, 7) is 2.48. The highest BCUT2D eigenvalue weighted by Crippen LogP contribution is 2.83. The Hall–Kier alpha value is -3.45. The quantitative estimate of drug-likeness (QED) is 0.397. The number of anilines is 2. The molecule has 240 valence electrons. The van der Waals surface area contributed by atoms with Gasteiger partial charge in [-0.25, -0.2) is 14.8 Å². The molecule has 2 aliphatic heterocycles. The zero-order valence-electron chi connectivity index (χ0n) is 24.6. The van der Waals surface area contributed by atoms with E-state index in [1.165, 1.54) is 0 Å². The number of benzene rings is 1. The topological polar surface area (TPSA) is 134 Å². The van der Waals surface area contributed by atoms with Gasteiger partial charge in [0.1, 0.15) is 11.3 Å². The maximum Gasteiger partial charge on any atom is 0.434 e. The van der Waals surface area contributed by atoms with Crippen molar-refractivity contribution in [3.05, 3.63) is 41.2 Å². The van der Waals surface area contributed by atoms with E-state index in [2.05, 4.69) is 15.3 Å². The minimum absolute atomic E-state index is 0.00736.